The molecule has 0 amide bonds. The Labute approximate surface area is 85.4 Å². The first-order valence-corrected chi connectivity index (χ1v) is 4.98. The molecule has 0 aliphatic rings. The highest BCUT2D eigenvalue weighted by Crippen LogP contribution is 1.96. The summed E-state index contributed by atoms with van der Waals surface area (Å²) in [6, 6.07) is 5.72. The fourth-order valence-corrected chi connectivity index (χ4v) is 0.890. The number of pyridine rings is 1. The molecule has 0 fully saturated rings. The summed E-state index contributed by atoms with van der Waals surface area (Å²) < 4.78 is 0. The summed E-state index contributed by atoms with van der Waals surface area (Å²) in [5.74, 6) is 0. The molecule has 0 saturated carbocycles. The van der Waals surface area contributed by atoms with E-state index in [0.717, 1.165) is 25.7 Å². The minimum Gasteiger partial charge on any atom is -0.396 e. The molecule has 0 aliphatic carbocycles. The van der Waals surface area contributed by atoms with Crippen LogP contribution < -0.4 is 0 Å². The Morgan fingerprint density at radius 1 is 0.714 bits per heavy atom. The van der Waals surface area contributed by atoms with Crippen LogP contribution in [0.3, 0.4) is 0 Å². The van der Waals surface area contributed by atoms with Crippen LogP contribution in [-0.2, 0) is 0 Å². The summed E-state index contributed by atoms with van der Waals surface area (Å²) in [4.78, 5) is 3.78. The molecular weight excluding hydrogens is 178 g/mol. The van der Waals surface area contributed by atoms with Crippen molar-refractivity contribution in [2.24, 2.45) is 0 Å². The Morgan fingerprint density at radius 3 is 1.43 bits per heavy atom. The van der Waals surface area contributed by atoms with Crippen molar-refractivity contribution in [2.75, 3.05) is 13.2 Å². The molecule has 1 heterocycles. The van der Waals surface area contributed by atoms with Crippen molar-refractivity contribution in [3.05, 3.63) is 30.6 Å². The molecular formula is C11H19NO2. The van der Waals surface area contributed by atoms with Gasteiger partial charge in [-0.3, -0.25) is 4.98 Å². The maximum absolute atomic E-state index is 8.30. The minimum atomic E-state index is 0.283. The molecule has 14 heavy (non-hydrogen) atoms. The lowest BCUT2D eigenvalue weighted by Crippen LogP contribution is -1.85. The first-order chi connectivity index (χ1) is 6.91. The van der Waals surface area contributed by atoms with Crippen molar-refractivity contribution in [3.8, 4) is 0 Å². The monoisotopic (exact) mass is 197 g/mol. The molecule has 3 heteroatoms. The smallest absolute Gasteiger partial charge is 0.0431 e. The molecule has 0 bridgehead atoms. The molecule has 0 saturated heterocycles. The van der Waals surface area contributed by atoms with Crippen LogP contribution in [0, 0.1) is 0 Å². The zero-order valence-corrected chi connectivity index (χ0v) is 8.47. The van der Waals surface area contributed by atoms with Gasteiger partial charge in [-0.25, -0.2) is 0 Å². The summed E-state index contributed by atoms with van der Waals surface area (Å²) in [6.07, 6.45) is 7.33. The Bertz CT molecular complexity index is 147. The van der Waals surface area contributed by atoms with Gasteiger partial charge in [-0.15, -0.1) is 0 Å². The zero-order chi connectivity index (χ0) is 10.5. The Balaban J connectivity index is 0.000000249. The molecule has 0 unspecified atom stereocenters. The van der Waals surface area contributed by atoms with Crippen LogP contribution in [0.25, 0.3) is 0 Å². The summed E-state index contributed by atoms with van der Waals surface area (Å²) in [6.45, 7) is 0.566. The van der Waals surface area contributed by atoms with Crippen molar-refractivity contribution in [1.82, 2.24) is 4.98 Å². The van der Waals surface area contributed by atoms with Crippen LogP contribution in [0.2, 0.25) is 0 Å². The predicted molar refractivity (Wildman–Crippen MR) is 56.9 cm³/mol. The van der Waals surface area contributed by atoms with E-state index < -0.39 is 0 Å². The van der Waals surface area contributed by atoms with E-state index in [2.05, 4.69) is 4.98 Å². The number of rotatable bonds is 5. The Hall–Kier alpha value is -0.930. The third-order valence-electron chi connectivity index (χ3n) is 1.63. The van der Waals surface area contributed by atoms with Gasteiger partial charge in [0.25, 0.3) is 0 Å². The van der Waals surface area contributed by atoms with Gasteiger partial charge >= 0.3 is 0 Å². The van der Waals surface area contributed by atoms with Gasteiger partial charge in [-0.1, -0.05) is 18.9 Å². The van der Waals surface area contributed by atoms with Crippen LogP contribution in [0.5, 0.6) is 0 Å². The number of unbranched alkanes of at least 4 members (excludes halogenated alkanes) is 3. The molecule has 0 radical (unpaired) electrons. The van der Waals surface area contributed by atoms with E-state index in [1.807, 2.05) is 18.2 Å². The van der Waals surface area contributed by atoms with Gasteiger partial charge in [-0.05, 0) is 25.0 Å². The van der Waals surface area contributed by atoms with Crippen LogP contribution in [0.4, 0.5) is 0 Å². The Kier molecular flexibility index (Phi) is 11.3. The van der Waals surface area contributed by atoms with E-state index in [0.29, 0.717) is 0 Å². The molecule has 2 N–H and O–H groups in total. The average Bonchev–Trinajstić information content (AvgIpc) is 2.28. The first kappa shape index (κ1) is 13.1. The molecule has 80 valence electrons. The highest BCUT2D eigenvalue weighted by molar-refractivity contribution is 4.88. The minimum absolute atomic E-state index is 0.283. The molecule has 0 aromatic carbocycles. The van der Waals surface area contributed by atoms with E-state index in [4.69, 9.17) is 10.2 Å². The van der Waals surface area contributed by atoms with E-state index >= 15 is 0 Å². The van der Waals surface area contributed by atoms with Crippen molar-refractivity contribution >= 4 is 0 Å². The maximum atomic E-state index is 8.30. The molecule has 3 nitrogen and oxygen atoms in total. The first-order valence-electron chi connectivity index (χ1n) is 4.98. The SMILES string of the molecule is OCCCCCCO.c1ccncc1. The second-order valence-electron chi connectivity index (χ2n) is 2.89. The molecule has 0 spiro atoms. The summed E-state index contributed by atoms with van der Waals surface area (Å²) in [5, 5.41) is 16.6. The lowest BCUT2D eigenvalue weighted by Gasteiger charge is -1.93. The van der Waals surface area contributed by atoms with Crippen LogP contribution in [0.15, 0.2) is 30.6 Å². The van der Waals surface area contributed by atoms with Crippen LogP contribution in [0.1, 0.15) is 25.7 Å². The van der Waals surface area contributed by atoms with Crippen molar-refractivity contribution in [2.45, 2.75) is 25.7 Å². The van der Waals surface area contributed by atoms with E-state index in [1.54, 1.807) is 12.4 Å². The fourth-order valence-electron chi connectivity index (χ4n) is 0.890. The zero-order valence-electron chi connectivity index (χ0n) is 8.47. The van der Waals surface area contributed by atoms with Crippen molar-refractivity contribution < 1.29 is 10.2 Å². The molecule has 1 rings (SSSR count). The lowest BCUT2D eigenvalue weighted by molar-refractivity contribution is 0.265. The maximum Gasteiger partial charge on any atom is 0.0431 e. The topological polar surface area (TPSA) is 53.4 Å². The highest BCUT2D eigenvalue weighted by atomic mass is 16.3. The Morgan fingerprint density at radius 2 is 1.21 bits per heavy atom. The van der Waals surface area contributed by atoms with Gasteiger partial charge in [0.15, 0.2) is 0 Å². The van der Waals surface area contributed by atoms with Crippen molar-refractivity contribution in [1.29, 1.82) is 0 Å². The van der Waals surface area contributed by atoms with Crippen molar-refractivity contribution in [3.63, 3.8) is 0 Å². The van der Waals surface area contributed by atoms with Gasteiger partial charge in [0, 0.05) is 25.6 Å². The van der Waals surface area contributed by atoms with Gasteiger partial charge in [0.1, 0.15) is 0 Å². The molecule has 1 aromatic rings. The number of aliphatic hydroxyl groups excluding tert-OH is 2. The quantitative estimate of drug-likeness (QED) is 0.705. The highest BCUT2D eigenvalue weighted by Gasteiger charge is 1.84. The summed E-state index contributed by atoms with van der Waals surface area (Å²) in [7, 11) is 0. The third kappa shape index (κ3) is 11.1. The molecule has 0 atom stereocenters. The number of nitrogens with zero attached hydrogens (tertiary/aromatic N) is 1. The van der Waals surface area contributed by atoms with Crippen LogP contribution in [-0.4, -0.2) is 28.4 Å². The van der Waals surface area contributed by atoms with Gasteiger partial charge in [0.2, 0.25) is 0 Å². The number of hydrogen-bond donors (Lipinski definition) is 2. The standard InChI is InChI=1S/C6H14O2.C5H5N/c7-5-3-1-2-4-6-8;1-2-4-6-5-3-1/h7-8H,1-6H2;1-5H. The van der Waals surface area contributed by atoms with E-state index in [1.165, 1.54) is 0 Å². The second-order valence-corrected chi connectivity index (χ2v) is 2.89. The second kappa shape index (κ2) is 12.1. The normalized spacial score (nSPS) is 9.00. The van der Waals surface area contributed by atoms with Gasteiger partial charge in [-0.2, -0.15) is 0 Å². The molecule has 1 aromatic heterocycles. The number of aromatic nitrogens is 1. The number of hydrogen-bond acceptors (Lipinski definition) is 3. The lowest BCUT2D eigenvalue weighted by atomic mass is 10.2. The fraction of sp³-hybridized carbons (Fsp3) is 0.545. The van der Waals surface area contributed by atoms with E-state index in [9.17, 15) is 0 Å². The summed E-state index contributed by atoms with van der Waals surface area (Å²) in [5.41, 5.74) is 0. The van der Waals surface area contributed by atoms with Gasteiger partial charge < -0.3 is 10.2 Å². The third-order valence-corrected chi connectivity index (χ3v) is 1.63. The number of aliphatic hydroxyl groups is 2. The predicted octanol–water partition coefficient (Wildman–Crippen LogP) is 1.61. The summed E-state index contributed by atoms with van der Waals surface area (Å²) >= 11 is 0. The molecule has 0 aliphatic heterocycles. The van der Waals surface area contributed by atoms with Gasteiger partial charge in [0.05, 0.1) is 0 Å². The van der Waals surface area contributed by atoms with E-state index in [-0.39, 0.29) is 13.2 Å². The largest absolute Gasteiger partial charge is 0.396 e. The van der Waals surface area contributed by atoms with Crippen LogP contribution >= 0.6 is 0 Å². The average molecular weight is 197 g/mol.